The van der Waals surface area contributed by atoms with Gasteiger partial charge in [0, 0.05) is 6.54 Å². The quantitative estimate of drug-likeness (QED) is 0.823. The molecule has 0 unspecified atom stereocenters. The molecule has 0 spiro atoms. The lowest BCUT2D eigenvalue weighted by Crippen LogP contribution is -2.41. The third-order valence-corrected chi connectivity index (χ3v) is 4.11. The van der Waals surface area contributed by atoms with Crippen LogP contribution < -0.4 is 5.73 Å². The first kappa shape index (κ1) is 16.7. The highest BCUT2D eigenvalue weighted by Gasteiger charge is 2.52. The highest BCUT2D eigenvalue weighted by molar-refractivity contribution is 6.55. The molecule has 1 fully saturated rings. The van der Waals surface area contributed by atoms with Crippen molar-refractivity contribution in [3.8, 4) is 0 Å². The number of pyridine rings is 1. The molecule has 0 aliphatic carbocycles. The van der Waals surface area contributed by atoms with Gasteiger partial charge >= 0.3 is 13.1 Å². The average Bonchev–Trinajstić information content (AvgIpc) is 2.65. The van der Waals surface area contributed by atoms with Crippen LogP contribution in [0.1, 0.15) is 43.9 Å². The van der Waals surface area contributed by atoms with Gasteiger partial charge in [-0.25, -0.2) is 9.78 Å². The monoisotopic (exact) mass is 304 g/mol. The summed E-state index contributed by atoms with van der Waals surface area (Å²) in [4.78, 5) is 15.0. The van der Waals surface area contributed by atoms with E-state index in [0.717, 1.165) is 0 Å². The minimum Gasteiger partial charge on any atom is -0.477 e. The number of carboxylic acids is 1. The third kappa shape index (κ3) is 3.21. The Bertz CT molecular complexity index is 597. The Morgan fingerprint density at radius 1 is 1.32 bits per heavy atom. The van der Waals surface area contributed by atoms with E-state index in [-0.39, 0.29) is 12.2 Å². The number of rotatable bonds is 4. The van der Waals surface area contributed by atoms with E-state index >= 15 is 0 Å². The molecule has 1 saturated heterocycles. The molecule has 0 saturated carbocycles. The van der Waals surface area contributed by atoms with E-state index in [4.69, 9.17) is 20.1 Å². The second-order valence-electron chi connectivity index (χ2n) is 6.26. The highest BCUT2D eigenvalue weighted by Crippen LogP contribution is 2.38. The second-order valence-corrected chi connectivity index (χ2v) is 6.26. The van der Waals surface area contributed by atoms with Gasteiger partial charge in [-0.1, -0.05) is 6.07 Å². The molecular weight excluding hydrogens is 283 g/mol. The molecule has 7 heteroatoms. The SMILES string of the molecule is CC1(C)OB(C(=Cc2cccc(C(=O)O)n2)CN)OC1(C)C. The van der Waals surface area contributed by atoms with E-state index < -0.39 is 24.3 Å². The normalized spacial score (nSPS) is 20.2. The van der Waals surface area contributed by atoms with Crippen molar-refractivity contribution in [2.45, 2.75) is 38.9 Å². The number of hydrogen-bond donors (Lipinski definition) is 2. The summed E-state index contributed by atoms with van der Waals surface area (Å²) in [6.07, 6.45) is 1.72. The number of carbonyl (C=O) groups is 1. The Kier molecular flexibility index (Phi) is 4.42. The van der Waals surface area contributed by atoms with Crippen molar-refractivity contribution in [3.63, 3.8) is 0 Å². The van der Waals surface area contributed by atoms with Crippen LogP contribution in [0.5, 0.6) is 0 Å². The largest absolute Gasteiger partial charge is 0.491 e. The van der Waals surface area contributed by atoms with E-state index in [2.05, 4.69) is 4.98 Å². The number of aromatic carboxylic acids is 1. The third-order valence-electron chi connectivity index (χ3n) is 4.11. The van der Waals surface area contributed by atoms with Gasteiger partial charge in [-0.15, -0.1) is 0 Å². The predicted octanol–water partition coefficient (Wildman–Crippen LogP) is 1.75. The molecule has 1 aliphatic heterocycles. The minimum atomic E-state index is -1.07. The maximum absolute atomic E-state index is 11.0. The van der Waals surface area contributed by atoms with Crippen molar-refractivity contribution in [1.82, 2.24) is 4.98 Å². The van der Waals surface area contributed by atoms with Gasteiger partial charge in [0.25, 0.3) is 0 Å². The van der Waals surface area contributed by atoms with Crippen LogP contribution in [0.3, 0.4) is 0 Å². The fraction of sp³-hybridized carbons (Fsp3) is 0.467. The number of aromatic nitrogens is 1. The molecule has 2 heterocycles. The summed E-state index contributed by atoms with van der Waals surface area (Å²) in [6, 6.07) is 4.80. The molecule has 0 aromatic carbocycles. The van der Waals surface area contributed by atoms with Gasteiger partial charge in [0.2, 0.25) is 0 Å². The van der Waals surface area contributed by atoms with Gasteiger partial charge in [-0.05, 0) is 51.4 Å². The summed E-state index contributed by atoms with van der Waals surface area (Å²) in [5.74, 6) is -1.07. The average molecular weight is 304 g/mol. The Morgan fingerprint density at radius 2 is 1.91 bits per heavy atom. The molecule has 1 aromatic heterocycles. The summed E-state index contributed by atoms with van der Waals surface area (Å²) in [5, 5.41) is 8.99. The number of nitrogens with two attached hydrogens (primary N) is 1. The van der Waals surface area contributed by atoms with Gasteiger partial charge < -0.3 is 20.1 Å². The van der Waals surface area contributed by atoms with Crippen LogP contribution in [-0.2, 0) is 9.31 Å². The maximum Gasteiger partial charge on any atom is 0.491 e. The Morgan fingerprint density at radius 3 is 2.41 bits per heavy atom. The van der Waals surface area contributed by atoms with Crippen molar-refractivity contribution < 1.29 is 19.2 Å². The summed E-state index contributed by atoms with van der Waals surface area (Å²) >= 11 is 0. The molecule has 1 aromatic rings. The van der Waals surface area contributed by atoms with Crippen molar-refractivity contribution in [3.05, 3.63) is 35.1 Å². The lowest BCUT2D eigenvalue weighted by Gasteiger charge is -2.32. The zero-order valence-corrected chi connectivity index (χ0v) is 13.3. The molecule has 0 amide bonds. The molecule has 118 valence electrons. The van der Waals surface area contributed by atoms with Gasteiger partial charge in [-0.3, -0.25) is 0 Å². The van der Waals surface area contributed by atoms with Gasteiger partial charge in [-0.2, -0.15) is 0 Å². The summed E-state index contributed by atoms with van der Waals surface area (Å²) in [6.45, 7) is 8.08. The van der Waals surface area contributed by atoms with E-state index in [0.29, 0.717) is 11.2 Å². The van der Waals surface area contributed by atoms with E-state index in [9.17, 15) is 4.79 Å². The first-order valence-electron chi connectivity index (χ1n) is 7.13. The van der Waals surface area contributed by atoms with E-state index in [1.54, 1.807) is 18.2 Å². The Hall–Kier alpha value is -1.70. The topological polar surface area (TPSA) is 94.7 Å². The van der Waals surface area contributed by atoms with Crippen molar-refractivity contribution in [2.75, 3.05) is 6.54 Å². The van der Waals surface area contributed by atoms with Crippen LogP contribution >= 0.6 is 0 Å². The lowest BCUT2D eigenvalue weighted by molar-refractivity contribution is 0.00578. The van der Waals surface area contributed by atoms with Gasteiger partial charge in [0.05, 0.1) is 16.9 Å². The van der Waals surface area contributed by atoms with Crippen LogP contribution in [0, 0.1) is 0 Å². The number of nitrogens with zero attached hydrogens (tertiary/aromatic N) is 1. The molecule has 22 heavy (non-hydrogen) atoms. The maximum atomic E-state index is 11.0. The van der Waals surface area contributed by atoms with Crippen molar-refractivity contribution in [2.24, 2.45) is 5.73 Å². The molecule has 0 radical (unpaired) electrons. The standard InChI is InChI=1S/C15H21BN2O4/c1-14(2)15(3,4)22-16(21-14)10(9-17)8-11-6-5-7-12(18-11)13(19)20/h5-8H,9,17H2,1-4H3,(H,19,20). The Labute approximate surface area is 130 Å². The zero-order chi connectivity index (χ0) is 16.5. The fourth-order valence-electron chi connectivity index (χ4n) is 2.06. The summed E-state index contributed by atoms with van der Waals surface area (Å²) in [5.41, 5.74) is 6.10. The predicted molar refractivity (Wildman–Crippen MR) is 84.3 cm³/mol. The summed E-state index contributed by atoms with van der Waals surface area (Å²) < 4.78 is 11.9. The van der Waals surface area contributed by atoms with Gasteiger partial charge in [0.15, 0.2) is 0 Å². The molecule has 0 bridgehead atoms. The highest BCUT2D eigenvalue weighted by atomic mass is 16.7. The van der Waals surface area contributed by atoms with Crippen LogP contribution in [0.25, 0.3) is 6.08 Å². The fourth-order valence-corrected chi connectivity index (χ4v) is 2.06. The van der Waals surface area contributed by atoms with Crippen LogP contribution in [-0.4, -0.2) is 40.9 Å². The molecule has 6 nitrogen and oxygen atoms in total. The molecule has 1 aliphatic rings. The number of hydrogen-bond acceptors (Lipinski definition) is 5. The Balaban J connectivity index is 2.29. The van der Waals surface area contributed by atoms with Crippen molar-refractivity contribution >= 4 is 19.2 Å². The molecule has 2 rings (SSSR count). The smallest absolute Gasteiger partial charge is 0.477 e. The minimum absolute atomic E-state index is 0.0148. The molecule has 0 atom stereocenters. The first-order chi connectivity index (χ1) is 10.2. The van der Waals surface area contributed by atoms with Crippen LogP contribution in [0.15, 0.2) is 23.7 Å². The molecular formula is C15H21BN2O4. The van der Waals surface area contributed by atoms with E-state index in [1.807, 2.05) is 27.7 Å². The lowest BCUT2D eigenvalue weighted by atomic mass is 9.77. The van der Waals surface area contributed by atoms with Crippen molar-refractivity contribution in [1.29, 1.82) is 0 Å². The second kappa shape index (κ2) is 5.83. The van der Waals surface area contributed by atoms with Crippen LogP contribution in [0.4, 0.5) is 0 Å². The van der Waals surface area contributed by atoms with Gasteiger partial charge in [0.1, 0.15) is 5.69 Å². The summed E-state index contributed by atoms with van der Waals surface area (Å²) in [7, 11) is -0.565. The van der Waals surface area contributed by atoms with Crippen LogP contribution in [0.2, 0.25) is 0 Å². The van der Waals surface area contributed by atoms with E-state index in [1.165, 1.54) is 6.07 Å². The molecule has 3 N–H and O–H groups in total. The first-order valence-corrected chi connectivity index (χ1v) is 7.13. The number of carboxylic acid groups (broad SMARTS) is 1. The zero-order valence-electron chi connectivity index (χ0n) is 13.3.